The minimum absolute atomic E-state index is 0.760. The molecule has 0 fully saturated rings. The Hall–Kier alpha value is -0.980. The van der Waals surface area contributed by atoms with Crippen molar-refractivity contribution in [2.24, 2.45) is 0 Å². The second kappa shape index (κ2) is 7.02. The third-order valence-electron chi connectivity index (χ3n) is 0.784. The van der Waals surface area contributed by atoms with Gasteiger partial charge in [0.1, 0.15) is 6.26 Å². The maximum absolute atomic E-state index is 9.71. The number of allylic oxidation sites excluding steroid dienone is 5. The van der Waals surface area contributed by atoms with Gasteiger partial charge in [0.25, 0.3) is 0 Å². The minimum Gasteiger partial charge on any atom is -0.299 e. The van der Waals surface area contributed by atoms with E-state index >= 15 is 0 Å². The third-order valence-corrected chi connectivity index (χ3v) is 0.784. The first kappa shape index (κ1) is 8.02. The van der Waals surface area contributed by atoms with Gasteiger partial charge in [-0.2, -0.15) is 0 Å². The molecule has 0 amide bonds. The van der Waals surface area contributed by atoms with Crippen LogP contribution in [0.25, 0.3) is 0 Å². The van der Waals surface area contributed by atoms with Gasteiger partial charge >= 0.3 is 0 Å². The van der Waals surface area contributed by atoms with Crippen molar-refractivity contribution in [3.05, 3.63) is 36.6 Å². The third kappa shape index (κ3) is 7.02. The molecule has 0 aromatic carbocycles. The zero-order valence-electron chi connectivity index (χ0n) is 5.58. The van der Waals surface area contributed by atoms with E-state index in [1.807, 2.05) is 18.2 Å². The molecule has 1 heteroatoms. The summed E-state index contributed by atoms with van der Waals surface area (Å²) in [5.41, 5.74) is 0. The van der Waals surface area contributed by atoms with Gasteiger partial charge in [0, 0.05) is 0 Å². The topological polar surface area (TPSA) is 19.9 Å². The lowest BCUT2D eigenvalue weighted by Crippen LogP contribution is -1.51. The first-order chi connectivity index (χ1) is 4.41. The molecule has 0 rings (SSSR count). The Kier molecular flexibility index (Phi) is 6.26. The molecular weight excluding hydrogens is 112 g/mol. The van der Waals surface area contributed by atoms with Gasteiger partial charge in [-0.15, -0.1) is 0 Å². The van der Waals surface area contributed by atoms with Crippen LogP contribution in [-0.2, 0) is 5.11 Å². The summed E-state index contributed by atoms with van der Waals surface area (Å²) in [6.07, 6.45) is 10.7. The van der Waals surface area contributed by atoms with Crippen LogP contribution in [0, 0.1) is 0 Å². The summed E-state index contributed by atoms with van der Waals surface area (Å²) in [6.45, 7) is 2.06. The average Bonchev–Trinajstić information content (AvgIpc) is 1.89. The monoisotopic (exact) mass is 123 g/mol. The molecule has 0 bridgehead atoms. The summed E-state index contributed by atoms with van der Waals surface area (Å²) in [7, 11) is 0. The highest BCUT2D eigenvalue weighted by Gasteiger charge is 1.61. The molecule has 9 heavy (non-hydrogen) atoms. The fourth-order valence-electron chi connectivity index (χ4n) is 0.388. The van der Waals surface area contributed by atoms with Crippen LogP contribution < -0.4 is 0 Å². The Morgan fingerprint density at radius 2 is 1.78 bits per heavy atom. The van der Waals surface area contributed by atoms with Gasteiger partial charge in [-0.1, -0.05) is 31.2 Å². The van der Waals surface area contributed by atoms with Crippen LogP contribution in [0.1, 0.15) is 13.3 Å². The second-order valence-electron chi connectivity index (χ2n) is 1.55. The molecule has 0 heterocycles. The van der Waals surface area contributed by atoms with Crippen molar-refractivity contribution < 1.29 is 5.11 Å². The summed E-state index contributed by atoms with van der Waals surface area (Å²) in [4.78, 5) is 0. The van der Waals surface area contributed by atoms with Crippen molar-refractivity contribution in [3.8, 4) is 0 Å². The Bertz CT molecular complexity index is 121. The number of hydrogen-bond acceptors (Lipinski definition) is 0. The largest absolute Gasteiger partial charge is 0.299 e. The highest BCUT2D eigenvalue weighted by atomic mass is 16.2. The standard InChI is InChI=1S/C8H11O/c1-2-3-4-5-6-7-8-9/h3-8H,2H2,1H3/b4-3+,6-5+,8-7+. The lowest BCUT2D eigenvalue weighted by atomic mass is 10.4. The van der Waals surface area contributed by atoms with E-state index in [1.54, 1.807) is 6.08 Å². The van der Waals surface area contributed by atoms with Gasteiger partial charge in [0.2, 0.25) is 0 Å². The molecule has 0 aliphatic carbocycles. The Morgan fingerprint density at radius 1 is 1.11 bits per heavy atom. The van der Waals surface area contributed by atoms with Gasteiger partial charge in [-0.05, 0) is 12.5 Å². The van der Waals surface area contributed by atoms with Crippen LogP contribution in [-0.4, -0.2) is 0 Å². The Morgan fingerprint density at radius 3 is 2.33 bits per heavy atom. The van der Waals surface area contributed by atoms with E-state index < -0.39 is 0 Å². The van der Waals surface area contributed by atoms with Crippen molar-refractivity contribution in [2.75, 3.05) is 0 Å². The van der Waals surface area contributed by atoms with Gasteiger partial charge in [0.05, 0.1) is 0 Å². The molecule has 0 spiro atoms. The first-order valence-electron chi connectivity index (χ1n) is 3.02. The fraction of sp³-hybridized carbons (Fsp3) is 0.250. The Labute approximate surface area is 56.0 Å². The van der Waals surface area contributed by atoms with E-state index in [-0.39, 0.29) is 0 Å². The summed E-state index contributed by atoms with van der Waals surface area (Å²) in [5.74, 6) is 0. The zero-order chi connectivity index (χ0) is 6.95. The smallest absolute Gasteiger partial charge is 0.142 e. The molecule has 0 aromatic heterocycles. The predicted octanol–water partition coefficient (Wildman–Crippen LogP) is 2.45. The molecule has 0 saturated heterocycles. The molecule has 0 aliphatic heterocycles. The molecule has 0 saturated carbocycles. The van der Waals surface area contributed by atoms with Crippen LogP contribution in [0.4, 0.5) is 0 Å². The molecule has 49 valence electrons. The van der Waals surface area contributed by atoms with Crippen molar-refractivity contribution in [1.29, 1.82) is 0 Å². The van der Waals surface area contributed by atoms with E-state index in [4.69, 9.17) is 0 Å². The highest BCUT2D eigenvalue weighted by Crippen LogP contribution is 1.81. The first-order valence-corrected chi connectivity index (χ1v) is 3.02. The summed E-state index contributed by atoms with van der Waals surface area (Å²) in [6, 6.07) is 0. The zero-order valence-corrected chi connectivity index (χ0v) is 5.58. The average molecular weight is 123 g/mol. The normalized spacial score (nSPS) is 12.6. The fourth-order valence-corrected chi connectivity index (χ4v) is 0.388. The van der Waals surface area contributed by atoms with Crippen molar-refractivity contribution in [3.63, 3.8) is 0 Å². The lowest BCUT2D eigenvalue weighted by molar-refractivity contribution is 0.352. The molecule has 0 aromatic rings. The van der Waals surface area contributed by atoms with Crippen molar-refractivity contribution in [2.45, 2.75) is 13.3 Å². The SMILES string of the molecule is CC/C=C/C=C/C=C/[O]. The van der Waals surface area contributed by atoms with E-state index in [1.165, 1.54) is 6.08 Å². The van der Waals surface area contributed by atoms with E-state index in [0.29, 0.717) is 0 Å². The van der Waals surface area contributed by atoms with Gasteiger partial charge < -0.3 is 0 Å². The van der Waals surface area contributed by atoms with Crippen molar-refractivity contribution >= 4 is 0 Å². The molecule has 0 N–H and O–H groups in total. The van der Waals surface area contributed by atoms with Crippen LogP contribution in [0.5, 0.6) is 0 Å². The van der Waals surface area contributed by atoms with E-state index in [9.17, 15) is 5.11 Å². The lowest BCUT2D eigenvalue weighted by Gasteiger charge is -1.71. The van der Waals surface area contributed by atoms with Gasteiger partial charge in [0.15, 0.2) is 0 Å². The van der Waals surface area contributed by atoms with E-state index in [2.05, 4.69) is 6.92 Å². The predicted molar refractivity (Wildman–Crippen MR) is 38.4 cm³/mol. The molecule has 0 aliphatic rings. The number of hydrogen-bond donors (Lipinski definition) is 0. The quantitative estimate of drug-likeness (QED) is 0.406. The molecule has 0 atom stereocenters. The second-order valence-corrected chi connectivity index (χ2v) is 1.55. The maximum Gasteiger partial charge on any atom is 0.142 e. The molecular formula is C8H11O. The van der Waals surface area contributed by atoms with E-state index in [0.717, 1.165) is 12.7 Å². The van der Waals surface area contributed by atoms with Gasteiger partial charge in [-0.3, -0.25) is 5.11 Å². The maximum atomic E-state index is 9.71. The minimum atomic E-state index is 0.760. The van der Waals surface area contributed by atoms with Crippen molar-refractivity contribution in [1.82, 2.24) is 0 Å². The molecule has 0 unspecified atom stereocenters. The summed E-state index contributed by atoms with van der Waals surface area (Å²) >= 11 is 0. The van der Waals surface area contributed by atoms with Gasteiger partial charge in [-0.25, -0.2) is 0 Å². The number of rotatable bonds is 3. The molecule has 1 nitrogen and oxygen atoms in total. The summed E-state index contributed by atoms with van der Waals surface area (Å²) in [5, 5.41) is 9.71. The van der Waals surface area contributed by atoms with Crippen LogP contribution in [0.15, 0.2) is 36.6 Å². The molecule has 1 radical (unpaired) electrons. The van der Waals surface area contributed by atoms with Crippen LogP contribution in [0.2, 0.25) is 0 Å². The Balaban J connectivity index is 3.35. The van der Waals surface area contributed by atoms with Crippen LogP contribution >= 0.6 is 0 Å². The summed E-state index contributed by atoms with van der Waals surface area (Å²) < 4.78 is 0. The highest BCUT2D eigenvalue weighted by molar-refractivity contribution is 5.09. The van der Waals surface area contributed by atoms with Crippen LogP contribution in [0.3, 0.4) is 0 Å².